The highest BCUT2D eigenvalue weighted by atomic mass is 16.2. The van der Waals surface area contributed by atoms with Crippen molar-refractivity contribution in [3.8, 4) is 0 Å². The number of hydrogen-bond donors (Lipinski definition) is 3. The van der Waals surface area contributed by atoms with Crippen LogP contribution in [0.4, 0.5) is 0 Å². The van der Waals surface area contributed by atoms with Gasteiger partial charge in [-0.25, -0.2) is 5.01 Å². The van der Waals surface area contributed by atoms with Crippen molar-refractivity contribution in [2.75, 3.05) is 34.7 Å². The average molecular weight is 300 g/mol. The third kappa shape index (κ3) is 27.5. The van der Waals surface area contributed by atoms with Gasteiger partial charge in [0.2, 0.25) is 5.91 Å². The normalized spacial score (nSPS) is 8.52. The van der Waals surface area contributed by atoms with E-state index in [4.69, 9.17) is 0 Å². The summed E-state index contributed by atoms with van der Waals surface area (Å²) in [7, 11) is 7.25. The lowest BCUT2D eigenvalue weighted by Crippen LogP contribution is -2.36. The molecule has 124 valence electrons. The number of nitrogens with one attached hydrogen (secondary N) is 3. The van der Waals surface area contributed by atoms with E-state index >= 15 is 0 Å². The molecule has 0 aliphatic heterocycles. The maximum Gasteiger partial charge on any atom is 0.260 e. The molecule has 21 heavy (non-hydrogen) atoms. The largest absolute Gasteiger partial charge is 0.353 e. The summed E-state index contributed by atoms with van der Waals surface area (Å²) in [6, 6.07) is 0. The van der Waals surface area contributed by atoms with Crippen molar-refractivity contribution in [3.63, 3.8) is 0 Å². The highest BCUT2D eigenvalue weighted by molar-refractivity contribution is 5.91. The topological polar surface area (TPSA) is 73.5 Å². The van der Waals surface area contributed by atoms with Crippen LogP contribution in [0.5, 0.6) is 0 Å². The van der Waals surface area contributed by atoms with E-state index in [0.29, 0.717) is 5.57 Å². The molecule has 0 radical (unpaired) electrons. The zero-order valence-corrected chi connectivity index (χ0v) is 14.4. The first-order chi connectivity index (χ1) is 9.76. The van der Waals surface area contributed by atoms with Gasteiger partial charge in [-0.3, -0.25) is 15.0 Å². The van der Waals surface area contributed by atoms with Gasteiger partial charge in [0.15, 0.2) is 0 Å². The number of nitrogens with zero attached hydrogens (tertiary/aromatic N) is 1. The van der Waals surface area contributed by atoms with E-state index in [-0.39, 0.29) is 11.8 Å². The van der Waals surface area contributed by atoms with Gasteiger partial charge >= 0.3 is 0 Å². The van der Waals surface area contributed by atoms with Crippen molar-refractivity contribution in [2.45, 2.75) is 26.7 Å². The van der Waals surface area contributed by atoms with E-state index < -0.39 is 0 Å². The molecule has 0 heterocycles. The van der Waals surface area contributed by atoms with Crippen LogP contribution in [0, 0.1) is 0 Å². The summed E-state index contributed by atoms with van der Waals surface area (Å²) >= 11 is 0. The van der Waals surface area contributed by atoms with Crippen LogP contribution < -0.4 is 16.1 Å². The predicted molar refractivity (Wildman–Crippen MR) is 89.7 cm³/mol. The van der Waals surface area contributed by atoms with Gasteiger partial charge in [0.25, 0.3) is 5.91 Å². The molecule has 0 atom stereocenters. The Morgan fingerprint density at radius 2 is 1.71 bits per heavy atom. The SMILES string of the molecule is C=C(C)C(=O)NN(C)C.C=CC(=O)NCCCC.CNC. The predicted octanol–water partition coefficient (Wildman–Crippen LogP) is 1.08. The molecule has 0 aromatic heterocycles. The molecule has 6 nitrogen and oxygen atoms in total. The molecule has 3 N–H and O–H groups in total. The molecule has 6 heteroatoms. The van der Waals surface area contributed by atoms with E-state index in [9.17, 15) is 9.59 Å². The third-order valence-electron chi connectivity index (χ3n) is 1.73. The number of hydrazine groups is 1. The van der Waals surface area contributed by atoms with E-state index in [2.05, 4.69) is 36.1 Å². The number of carbonyl (C=O) groups excluding carboxylic acids is 2. The Labute approximate surface area is 129 Å². The van der Waals surface area contributed by atoms with Crippen LogP contribution in [0.1, 0.15) is 26.7 Å². The Balaban J connectivity index is -0.000000260. The maximum absolute atomic E-state index is 10.7. The minimum absolute atomic E-state index is 0.0801. The summed E-state index contributed by atoms with van der Waals surface area (Å²) < 4.78 is 0. The average Bonchev–Trinajstić information content (AvgIpc) is 2.39. The van der Waals surface area contributed by atoms with Crippen molar-refractivity contribution in [2.24, 2.45) is 0 Å². The molecular formula is C15H32N4O2. The molecule has 0 aromatic carbocycles. The van der Waals surface area contributed by atoms with Crippen molar-refractivity contribution in [3.05, 3.63) is 24.8 Å². The minimum Gasteiger partial charge on any atom is -0.353 e. The number of carbonyl (C=O) groups is 2. The second-order valence-corrected chi connectivity index (χ2v) is 4.46. The van der Waals surface area contributed by atoms with Gasteiger partial charge in [0, 0.05) is 26.2 Å². The number of amides is 2. The molecule has 0 aliphatic rings. The lowest BCUT2D eigenvalue weighted by molar-refractivity contribution is -0.121. The molecule has 0 saturated carbocycles. The lowest BCUT2D eigenvalue weighted by atomic mass is 10.3. The molecule has 0 aliphatic carbocycles. The van der Waals surface area contributed by atoms with Crippen LogP contribution in [-0.2, 0) is 9.59 Å². The third-order valence-corrected chi connectivity index (χ3v) is 1.73. The zero-order valence-electron chi connectivity index (χ0n) is 14.4. The van der Waals surface area contributed by atoms with Crippen LogP contribution in [0.2, 0.25) is 0 Å². The van der Waals surface area contributed by atoms with Gasteiger partial charge < -0.3 is 10.6 Å². The fourth-order valence-electron chi connectivity index (χ4n) is 0.759. The summed E-state index contributed by atoms with van der Waals surface area (Å²) in [5, 5.41) is 7.01. The Morgan fingerprint density at radius 3 is 1.95 bits per heavy atom. The first-order valence-electron chi connectivity index (χ1n) is 6.89. The Morgan fingerprint density at radius 1 is 1.24 bits per heavy atom. The van der Waals surface area contributed by atoms with Crippen LogP contribution in [-0.4, -0.2) is 51.6 Å². The van der Waals surface area contributed by atoms with E-state index in [0.717, 1.165) is 19.4 Å². The van der Waals surface area contributed by atoms with E-state index in [1.54, 1.807) is 26.0 Å². The van der Waals surface area contributed by atoms with Crippen LogP contribution >= 0.6 is 0 Å². The first-order valence-corrected chi connectivity index (χ1v) is 6.89. The summed E-state index contributed by atoms with van der Waals surface area (Å²) in [5.74, 6) is -0.219. The molecule has 0 spiro atoms. The maximum atomic E-state index is 10.7. The summed E-state index contributed by atoms with van der Waals surface area (Å²) in [5.41, 5.74) is 3.05. The number of hydrogen-bond acceptors (Lipinski definition) is 4. The molecular weight excluding hydrogens is 268 g/mol. The van der Waals surface area contributed by atoms with Gasteiger partial charge in [-0.2, -0.15) is 0 Å². The van der Waals surface area contributed by atoms with E-state index in [1.165, 1.54) is 6.08 Å². The summed E-state index contributed by atoms with van der Waals surface area (Å²) in [6.07, 6.45) is 3.44. The van der Waals surface area contributed by atoms with Crippen molar-refractivity contribution in [1.29, 1.82) is 0 Å². The quantitative estimate of drug-likeness (QED) is 0.390. The van der Waals surface area contributed by atoms with Gasteiger partial charge in [0.05, 0.1) is 0 Å². The molecule has 0 aromatic rings. The first kappa shape index (κ1) is 24.4. The lowest BCUT2D eigenvalue weighted by Gasteiger charge is -2.10. The fourth-order valence-corrected chi connectivity index (χ4v) is 0.759. The van der Waals surface area contributed by atoms with Crippen molar-refractivity contribution in [1.82, 2.24) is 21.1 Å². The molecule has 0 unspecified atom stereocenters. The molecule has 0 fully saturated rings. The van der Waals surface area contributed by atoms with E-state index in [1.807, 2.05) is 14.1 Å². The second kappa shape index (κ2) is 18.3. The van der Waals surface area contributed by atoms with Crippen molar-refractivity contribution < 1.29 is 9.59 Å². The van der Waals surface area contributed by atoms with Crippen LogP contribution in [0.3, 0.4) is 0 Å². The summed E-state index contributed by atoms with van der Waals surface area (Å²) in [4.78, 5) is 21.2. The minimum atomic E-state index is -0.139. The zero-order chi connectivity index (χ0) is 17.3. The molecule has 2 amide bonds. The summed E-state index contributed by atoms with van der Waals surface area (Å²) in [6.45, 7) is 11.3. The smallest absolute Gasteiger partial charge is 0.260 e. The molecule has 0 rings (SSSR count). The number of unbranched alkanes of at least 4 members (excludes halogenated alkanes) is 1. The van der Waals surface area contributed by atoms with Crippen molar-refractivity contribution >= 4 is 11.8 Å². The standard InChI is InChI=1S/C7H13NO.C6H12N2O.C2H7N/c1-3-5-6-8-7(9)4-2;1-5(2)6(9)7-8(3)4;1-3-2/h4H,2-3,5-6H2,1H3,(H,8,9);1H2,2-4H3,(H,7,9);3H,1-2H3. The monoisotopic (exact) mass is 300 g/mol. The Kier molecular flexibility index (Phi) is 21.3. The second-order valence-electron chi connectivity index (χ2n) is 4.46. The van der Waals surface area contributed by atoms with Crippen LogP contribution in [0.25, 0.3) is 0 Å². The highest BCUT2D eigenvalue weighted by Crippen LogP contribution is 1.84. The van der Waals surface area contributed by atoms with Gasteiger partial charge in [-0.05, 0) is 33.5 Å². The highest BCUT2D eigenvalue weighted by Gasteiger charge is 1.99. The Bertz CT molecular complexity index is 302. The fraction of sp³-hybridized carbons (Fsp3) is 0.600. The van der Waals surface area contributed by atoms with Gasteiger partial charge in [-0.1, -0.05) is 26.5 Å². The Hall–Kier alpha value is -1.66. The molecule has 0 bridgehead atoms. The van der Waals surface area contributed by atoms with Crippen LogP contribution in [0.15, 0.2) is 24.8 Å². The van der Waals surface area contributed by atoms with Gasteiger partial charge in [0.1, 0.15) is 0 Å². The van der Waals surface area contributed by atoms with Gasteiger partial charge in [-0.15, -0.1) is 0 Å². The number of rotatable bonds is 6. The molecule has 0 saturated heterocycles.